The molecular weight excluding hydrogens is 497 g/mol. The van der Waals surface area contributed by atoms with Gasteiger partial charge in [-0.1, -0.05) is 18.2 Å². The Labute approximate surface area is 218 Å². The van der Waals surface area contributed by atoms with E-state index in [0.29, 0.717) is 23.2 Å². The van der Waals surface area contributed by atoms with Crippen LogP contribution in [0.2, 0.25) is 0 Å². The fraction of sp³-hybridized carbons (Fsp3) is 0.519. The molecule has 6 rings (SSSR count). The predicted molar refractivity (Wildman–Crippen MR) is 135 cm³/mol. The lowest BCUT2D eigenvalue weighted by Crippen LogP contribution is -2.50. The van der Waals surface area contributed by atoms with E-state index in [9.17, 15) is 23.1 Å². The van der Waals surface area contributed by atoms with Gasteiger partial charge in [-0.2, -0.15) is 5.10 Å². The lowest BCUT2D eigenvalue weighted by molar-refractivity contribution is 0.0938. The van der Waals surface area contributed by atoms with Crippen LogP contribution in [0.15, 0.2) is 36.8 Å². The average molecular weight is 529 g/mol. The van der Waals surface area contributed by atoms with Crippen LogP contribution in [0.5, 0.6) is 0 Å². The number of aliphatic hydroxyl groups excluding tert-OH is 1. The number of hydrogen-bond donors (Lipinski definition) is 2. The molecule has 2 saturated carbocycles. The van der Waals surface area contributed by atoms with Crippen molar-refractivity contribution < 1.29 is 23.1 Å². The second-order valence-electron chi connectivity index (χ2n) is 10.9. The Kier molecular flexibility index (Phi) is 6.30. The number of anilines is 1. The number of aliphatic hydroxyl groups is 1. The number of nitrogens with zero attached hydrogens (tertiary/aromatic N) is 5. The van der Waals surface area contributed by atoms with Crippen LogP contribution in [0, 0.1) is 17.2 Å². The van der Waals surface area contributed by atoms with Crippen molar-refractivity contribution >= 4 is 17.2 Å². The van der Waals surface area contributed by atoms with Gasteiger partial charge in [0.15, 0.2) is 5.65 Å². The molecule has 2 unspecified atom stereocenters. The number of hydrogen-bond acceptors (Lipinski definition) is 6. The van der Waals surface area contributed by atoms with E-state index in [4.69, 9.17) is 0 Å². The molecule has 3 heterocycles. The number of alkyl halides is 2. The van der Waals surface area contributed by atoms with Crippen molar-refractivity contribution in [2.24, 2.45) is 11.3 Å². The summed E-state index contributed by atoms with van der Waals surface area (Å²) >= 11 is 0. The molecule has 4 atom stereocenters. The topological polar surface area (TPSA) is 86.0 Å². The quantitative estimate of drug-likeness (QED) is 0.488. The average Bonchev–Trinajstić information content (AvgIpc) is 3.23. The summed E-state index contributed by atoms with van der Waals surface area (Å²) in [5.41, 5.74) is 1.22. The van der Waals surface area contributed by atoms with Gasteiger partial charge in [0, 0.05) is 50.6 Å². The summed E-state index contributed by atoms with van der Waals surface area (Å²) in [4.78, 5) is 22.3. The number of fused-ring (bicyclic) bond motifs is 2. The van der Waals surface area contributed by atoms with Gasteiger partial charge in [-0.25, -0.2) is 22.7 Å². The van der Waals surface area contributed by atoms with Crippen molar-refractivity contribution in [3.8, 4) is 0 Å². The van der Waals surface area contributed by atoms with E-state index in [0.717, 1.165) is 57.2 Å². The highest BCUT2D eigenvalue weighted by Crippen LogP contribution is 2.64. The van der Waals surface area contributed by atoms with E-state index in [1.165, 1.54) is 18.5 Å². The van der Waals surface area contributed by atoms with Crippen LogP contribution in [0.25, 0.3) is 5.65 Å². The maximum absolute atomic E-state index is 14.6. The van der Waals surface area contributed by atoms with Gasteiger partial charge in [-0.15, -0.1) is 0 Å². The molecule has 38 heavy (non-hydrogen) atoms. The van der Waals surface area contributed by atoms with Gasteiger partial charge in [-0.3, -0.25) is 9.69 Å². The Morgan fingerprint density at radius 1 is 1.21 bits per heavy atom. The van der Waals surface area contributed by atoms with Gasteiger partial charge in [0.05, 0.1) is 22.9 Å². The van der Waals surface area contributed by atoms with Crippen molar-refractivity contribution in [2.75, 3.05) is 37.7 Å². The Bertz CT molecular complexity index is 1350. The van der Waals surface area contributed by atoms with Crippen molar-refractivity contribution in [3.05, 3.63) is 59.3 Å². The van der Waals surface area contributed by atoms with Crippen molar-refractivity contribution in [1.82, 2.24) is 24.8 Å². The minimum absolute atomic E-state index is 0.00172. The first kappa shape index (κ1) is 25.1. The number of nitrogens with one attached hydrogen (secondary N) is 1. The maximum atomic E-state index is 14.6. The molecule has 2 aliphatic carbocycles. The molecule has 1 aliphatic heterocycles. The highest BCUT2D eigenvalue weighted by molar-refractivity contribution is 5.96. The largest absolute Gasteiger partial charge is 0.396 e. The first-order valence-electron chi connectivity index (χ1n) is 13.1. The van der Waals surface area contributed by atoms with Crippen LogP contribution < -0.4 is 10.2 Å². The van der Waals surface area contributed by atoms with Crippen LogP contribution in [0.3, 0.4) is 0 Å². The molecule has 0 bridgehead atoms. The van der Waals surface area contributed by atoms with Crippen LogP contribution in [0.4, 0.5) is 18.9 Å². The molecule has 1 aromatic carbocycles. The lowest BCUT2D eigenvalue weighted by Gasteiger charge is -2.40. The smallest absolute Gasteiger partial charge is 0.266 e. The van der Waals surface area contributed by atoms with Gasteiger partial charge in [0.25, 0.3) is 12.3 Å². The fourth-order valence-corrected chi connectivity index (χ4v) is 6.46. The highest BCUT2D eigenvalue weighted by atomic mass is 19.3. The number of carbonyl (C=O) groups is 1. The normalized spacial score (nSPS) is 26.1. The highest BCUT2D eigenvalue weighted by Gasteiger charge is 2.60. The molecular formula is C27H31F3N6O2. The maximum Gasteiger partial charge on any atom is 0.266 e. The van der Waals surface area contributed by atoms with Gasteiger partial charge in [-0.05, 0) is 43.6 Å². The van der Waals surface area contributed by atoms with E-state index in [2.05, 4.69) is 25.2 Å². The number of rotatable bonds is 7. The van der Waals surface area contributed by atoms with Gasteiger partial charge in [0.1, 0.15) is 12.1 Å². The van der Waals surface area contributed by atoms with E-state index in [1.54, 1.807) is 23.7 Å². The monoisotopic (exact) mass is 528 g/mol. The van der Waals surface area contributed by atoms with E-state index in [-0.39, 0.29) is 17.6 Å². The van der Waals surface area contributed by atoms with Gasteiger partial charge < -0.3 is 15.3 Å². The number of piperazine rings is 1. The minimum atomic E-state index is -2.94. The Hall–Kier alpha value is -3.18. The molecule has 11 heteroatoms. The SMILES string of the molecule is C[C@@H](NC(=O)c1cc(N2CCN(C3CC4C[C@@]4(CO)C3)CC2)c2ncnn2c1)c1cccc(C(F)F)c1F. The van der Waals surface area contributed by atoms with Crippen LogP contribution >= 0.6 is 0 Å². The van der Waals surface area contributed by atoms with E-state index >= 15 is 0 Å². The third-order valence-electron chi connectivity index (χ3n) is 8.77. The number of aromatic nitrogens is 3. The van der Waals surface area contributed by atoms with Crippen molar-refractivity contribution in [3.63, 3.8) is 0 Å². The number of benzene rings is 1. The van der Waals surface area contributed by atoms with Gasteiger partial charge >= 0.3 is 0 Å². The summed E-state index contributed by atoms with van der Waals surface area (Å²) in [5, 5.41) is 16.7. The number of halogens is 3. The molecule has 0 radical (unpaired) electrons. The summed E-state index contributed by atoms with van der Waals surface area (Å²) < 4.78 is 42.5. The minimum Gasteiger partial charge on any atom is -0.396 e. The zero-order chi connectivity index (χ0) is 26.6. The molecule has 2 N–H and O–H groups in total. The standard InChI is InChI=1S/C27H31F3N6O2/c1-16(20-3-2-4-21(23(20)28)24(29)30)33-26(38)17-9-22(25-31-15-32-36(25)13-17)35-7-5-34(6-8-35)19-10-18-11-27(18,12-19)14-37/h2-4,9,13,15-16,18-19,24,37H,5-8,10-12,14H2,1H3,(H,33,38)/t16-,18?,19?,27+/m1/s1. The molecule has 1 saturated heterocycles. The second kappa shape index (κ2) is 9.53. The summed E-state index contributed by atoms with van der Waals surface area (Å²) in [6, 6.07) is 5.26. The molecule has 3 fully saturated rings. The molecule has 2 aromatic heterocycles. The van der Waals surface area contributed by atoms with Crippen LogP contribution in [-0.4, -0.2) is 69.3 Å². The van der Waals surface area contributed by atoms with Crippen LogP contribution in [-0.2, 0) is 0 Å². The third kappa shape index (κ3) is 4.31. The number of carbonyl (C=O) groups excluding carboxylic acids is 1. The number of pyridine rings is 1. The Morgan fingerprint density at radius 3 is 2.68 bits per heavy atom. The van der Waals surface area contributed by atoms with Gasteiger partial charge in [0.2, 0.25) is 0 Å². The third-order valence-corrected chi connectivity index (χ3v) is 8.77. The first-order valence-corrected chi connectivity index (χ1v) is 13.1. The molecule has 3 aliphatic rings. The predicted octanol–water partition coefficient (Wildman–Crippen LogP) is 3.58. The summed E-state index contributed by atoms with van der Waals surface area (Å²) in [5.74, 6) is -0.809. The molecule has 3 aromatic rings. The summed E-state index contributed by atoms with van der Waals surface area (Å²) in [6.07, 6.45) is 3.44. The summed E-state index contributed by atoms with van der Waals surface area (Å²) in [6.45, 7) is 5.15. The van der Waals surface area contributed by atoms with E-state index in [1.807, 2.05) is 0 Å². The van der Waals surface area contributed by atoms with Crippen LogP contribution in [0.1, 0.15) is 60.1 Å². The Morgan fingerprint density at radius 2 is 1.97 bits per heavy atom. The lowest BCUT2D eigenvalue weighted by atomic mass is 10.0. The van der Waals surface area contributed by atoms with Crippen molar-refractivity contribution in [1.29, 1.82) is 0 Å². The van der Waals surface area contributed by atoms with E-state index < -0.39 is 29.8 Å². The molecule has 8 nitrogen and oxygen atoms in total. The molecule has 202 valence electrons. The molecule has 0 spiro atoms. The zero-order valence-electron chi connectivity index (χ0n) is 21.2. The number of amides is 1. The zero-order valence-corrected chi connectivity index (χ0v) is 21.2. The Balaban J connectivity index is 1.17. The fourth-order valence-electron chi connectivity index (χ4n) is 6.46. The molecule has 1 amide bonds. The second-order valence-corrected chi connectivity index (χ2v) is 10.9. The summed E-state index contributed by atoms with van der Waals surface area (Å²) in [7, 11) is 0. The van der Waals surface area contributed by atoms with Crippen molar-refractivity contribution in [2.45, 2.75) is 44.7 Å². The first-order chi connectivity index (χ1) is 18.3.